The number of imidazole rings is 1. The van der Waals surface area contributed by atoms with E-state index in [-0.39, 0.29) is 0 Å². The second-order valence-electron chi connectivity index (χ2n) is 5.47. The molecule has 0 aliphatic carbocycles. The van der Waals surface area contributed by atoms with E-state index in [2.05, 4.69) is 20.9 Å². The maximum absolute atomic E-state index is 12.6. The molecule has 0 aliphatic rings. The van der Waals surface area contributed by atoms with Gasteiger partial charge in [-0.15, -0.1) is 0 Å². The van der Waals surface area contributed by atoms with E-state index in [0.717, 1.165) is 33.6 Å². The molecule has 0 saturated heterocycles. The Morgan fingerprint density at radius 1 is 1.00 bits per heavy atom. The molecule has 6 heteroatoms. The highest BCUT2D eigenvalue weighted by Crippen LogP contribution is 2.29. The zero-order chi connectivity index (χ0) is 17.2. The van der Waals surface area contributed by atoms with E-state index in [1.807, 2.05) is 35.0 Å². The smallest absolute Gasteiger partial charge is 0.330 e. The van der Waals surface area contributed by atoms with Crippen LogP contribution in [0.1, 0.15) is 22.5 Å². The third-order valence-corrected chi connectivity index (χ3v) is 4.18. The van der Waals surface area contributed by atoms with Crippen LogP contribution in [-0.2, 0) is 19.1 Å². The first-order chi connectivity index (χ1) is 11.4. The first-order valence-corrected chi connectivity index (χ1v) is 8.12. The molecule has 2 aromatic carbocycles. The van der Waals surface area contributed by atoms with Crippen molar-refractivity contribution in [3.8, 4) is 0 Å². The Labute approximate surface area is 146 Å². The van der Waals surface area contributed by atoms with Gasteiger partial charge in [0.1, 0.15) is 5.82 Å². The fraction of sp³-hybridized carbons (Fsp3) is 0.167. The van der Waals surface area contributed by atoms with Gasteiger partial charge in [-0.1, -0.05) is 40.2 Å². The highest BCUT2D eigenvalue weighted by atomic mass is 79.9. The average molecular weight is 395 g/mol. The van der Waals surface area contributed by atoms with Crippen molar-refractivity contribution >= 4 is 15.9 Å². The van der Waals surface area contributed by atoms with Crippen molar-refractivity contribution in [2.45, 2.75) is 19.1 Å². The molecule has 1 heterocycles. The molecule has 24 heavy (non-hydrogen) atoms. The van der Waals surface area contributed by atoms with Crippen LogP contribution in [0.5, 0.6) is 0 Å². The molecule has 0 unspecified atom stereocenters. The SMILES string of the molecule is FC(F)(F)c1ccc(Cn2ccnc2Cc2cccc(Br)c2)cc1. The molecule has 0 fully saturated rings. The summed E-state index contributed by atoms with van der Waals surface area (Å²) in [6.45, 7) is 0.488. The summed E-state index contributed by atoms with van der Waals surface area (Å²) in [6.07, 6.45) is -0.102. The Balaban J connectivity index is 1.76. The van der Waals surface area contributed by atoms with E-state index >= 15 is 0 Å². The Morgan fingerprint density at radius 3 is 2.42 bits per heavy atom. The topological polar surface area (TPSA) is 17.8 Å². The third kappa shape index (κ3) is 4.06. The molecular formula is C18H14BrF3N2. The highest BCUT2D eigenvalue weighted by molar-refractivity contribution is 9.10. The van der Waals surface area contributed by atoms with Crippen LogP contribution in [0, 0.1) is 0 Å². The molecule has 3 aromatic rings. The highest BCUT2D eigenvalue weighted by Gasteiger charge is 2.29. The van der Waals surface area contributed by atoms with Crippen LogP contribution in [0.25, 0.3) is 0 Å². The van der Waals surface area contributed by atoms with Gasteiger partial charge in [0.2, 0.25) is 0 Å². The first-order valence-electron chi connectivity index (χ1n) is 7.32. The van der Waals surface area contributed by atoms with E-state index in [1.165, 1.54) is 12.1 Å². The summed E-state index contributed by atoms with van der Waals surface area (Å²) in [6, 6.07) is 13.2. The van der Waals surface area contributed by atoms with Gasteiger partial charge in [0.05, 0.1) is 5.56 Å². The van der Waals surface area contributed by atoms with Crippen LogP contribution in [-0.4, -0.2) is 9.55 Å². The molecule has 2 nitrogen and oxygen atoms in total. The molecule has 0 amide bonds. The summed E-state index contributed by atoms with van der Waals surface area (Å²) in [5.41, 5.74) is 1.28. The minimum absolute atomic E-state index is 0.488. The lowest BCUT2D eigenvalue weighted by Gasteiger charge is -2.10. The first kappa shape index (κ1) is 16.8. The monoisotopic (exact) mass is 394 g/mol. The van der Waals surface area contributed by atoms with E-state index in [4.69, 9.17) is 0 Å². The zero-order valence-electron chi connectivity index (χ0n) is 12.6. The number of rotatable bonds is 4. The third-order valence-electron chi connectivity index (χ3n) is 3.69. The Morgan fingerprint density at radius 2 is 1.75 bits per heavy atom. The fourth-order valence-electron chi connectivity index (χ4n) is 2.48. The largest absolute Gasteiger partial charge is 0.416 e. The molecule has 1 aromatic heterocycles. The quantitative estimate of drug-likeness (QED) is 0.586. The van der Waals surface area contributed by atoms with Crippen LogP contribution >= 0.6 is 15.9 Å². The van der Waals surface area contributed by atoms with Crippen LogP contribution in [0.2, 0.25) is 0 Å². The molecule has 0 saturated carbocycles. The summed E-state index contributed by atoms with van der Waals surface area (Å²) in [7, 11) is 0. The average Bonchev–Trinajstić information content (AvgIpc) is 2.94. The van der Waals surface area contributed by atoms with Crippen molar-refractivity contribution in [1.29, 1.82) is 0 Å². The van der Waals surface area contributed by atoms with Crippen molar-refractivity contribution in [3.05, 3.63) is 87.9 Å². The molecule has 124 valence electrons. The lowest BCUT2D eigenvalue weighted by molar-refractivity contribution is -0.137. The minimum atomic E-state index is -4.31. The summed E-state index contributed by atoms with van der Waals surface area (Å²) < 4.78 is 40.8. The summed E-state index contributed by atoms with van der Waals surface area (Å²) in [5, 5.41) is 0. The number of aromatic nitrogens is 2. The van der Waals surface area contributed by atoms with Crippen LogP contribution in [0.3, 0.4) is 0 Å². The van der Waals surface area contributed by atoms with Gasteiger partial charge in [-0.2, -0.15) is 13.2 Å². The second kappa shape index (κ2) is 6.81. The van der Waals surface area contributed by atoms with Crippen molar-refractivity contribution in [2.75, 3.05) is 0 Å². The Bertz CT molecular complexity index is 823. The molecule has 0 bridgehead atoms. The van der Waals surface area contributed by atoms with Crippen molar-refractivity contribution in [2.24, 2.45) is 0 Å². The van der Waals surface area contributed by atoms with Gasteiger partial charge in [-0.25, -0.2) is 4.98 Å². The number of alkyl halides is 3. The Hall–Kier alpha value is -2.08. The van der Waals surface area contributed by atoms with E-state index < -0.39 is 11.7 Å². The summed E-state index contributed by atoms with van der Waals surface area (Å²) >= 11 is 3.44. The van der Waals surface area contributed by atoms with Crippen molar-refractivity contribution in [1.82, 2.24) is 9.55 Å². The number of hydrogen-bond donors (Lipinski definition) is 0. The van der Waals surface area contributed by atoms with Gasteiger partial charge in [0, 0.05) is 29.8 Å². The van der Waals surface area contributed by atoms with Crippen molar-refractivity contribution in [3.63, 3.8) is 0 Å². The maximum atomic E-state index is 12.6. The normalized spacial score (nSPS) is 11.7. The number of benzene rings is 2. The van der Waals surface area contributed by atoms with Gasteiger partial charge in [0.15, 0.2) is 0 Å². The molecule has 0 spiro atoms. The molecule has 3 rings (SSSR count). The standard InChI is InChI=1S/C18H14BrF3N2/c19-16-3-1-2-14(10-16)11-17-23-8-9-24(17)12-13-4-6-15(7-5-13)18(20,21)22/h1-10H,11-12H2. The molecule has 0 radical (unpaired) electrons. The molecule has 0 atom stereocenters. The van der Waals surface area contributed by atoms with E-state index in [1.54, 1.807) is 6.20 Å². The molecule has 0 N–H and O–H groups in total. The number of nitrogens with zero attached hydrogens (tertiary/aromatic N) is 2. The summed E-state index contributed by atoms with van der Waals surface area (Å²) in [5.74, 6) is 0.869. The lowest BCUT2D eigenvalue weighted by atomic mass is 10.1. The van der Waals surface area contributed by atoms with Gasteiger partial charge in [-0.05, 0) is 35.4 Å². The Kier molecular flexibility index (Phi) is 4.76. The fourth-order valence-corrected chi connectivity index (χ4v) is 2.92. The zero-order valence-corrected chi connectivity index (χ0v) is 14.2. The van der Waals surface area contributed by atoms with Gasteiger partial charge in [0.25, 0.3) is 0 Å². The predicted molar refractivity (Wildman–Crippen MR) is 89.7 cm³/mol. The maximum Gasteiger partial charge on any atom is 0.416 e. The molecule has 0 aliphatic heterocycles. The molecular weight excluding hydrogens is 381 g/mol. The number of hydrogen-bond acceptors (Lipinski definition) is 1. The second-order valence-corrected chi connectivity index (χ2v) is 6.39. The van der Waals surface area contributed by atoms with Crippen molar-refractivity contribution < 1.29 is 13.2 Å². The van der Waals surface area contributed by atoms with Crippen LogP contribution < -0.4 is 0 Å². The predicted octanol–water partition coefficient (Wildman–Crippen LogP) is 5.30. The van der Waals surface area contributed by atoms with Crippen LogP contribution in [0.15, 0.2) is 65.4 Å². The van der Waals surface area contributed by atoms with Gasteiger partial charge < -0.3 is 4.57 Å². The minimum Gasteiger partial charge on any atom is -0.330 e. The number of halogens is 4. The van der Waals surface area contributed by atoms with Crippen LogP contribution in [0.4, 0.5) is 13.2 Å². The lowest BCUT2D eigenvalue weighted by Crippen LogP contribution is -2.07. The van der Waals surface area contributed by atoms with Gasteiger partial charge in [-0.3, -0.25) is 0 Å². The van der Waals surface area contributed by atoms with E-state index in [9.17, 15) is 13.2 Å². The van der Waals surface area contributed by atoms with Gasteiger partial charge >= 0.3 is 6.18 Å². The van der Waals surface area contributed by atoms with E-state index in [0.29, 0.717) is 13.0 Å². The summed E-state index contributed by atoms with van der Waals surface area (Å²) in [4.78, 5) is 4.36.